The first-order valence-corrected chi connectivity index (χ1v) is 11.4. The van der Waals surface area contributed by atoms with Gasteiger partial charge in [0.05, 0.1) is 35.9 Å². The molecule has 0 N–H and O–H groups in total. The van der Waals surface area contributed by atoms with Gasteiger partial charge in [0.2, 0.25) is 5.91 Å². The maximum atomic E-state index is 13.2. The Bertz CT molecular complexity index is 1470. The molecular formula is C27H23N5O2. The van der Waals surface area contributed by atoms with Crippen LogP contribution < -0.4 is 9.64 Å². The first-order valence-electron chi connectivity index (χ1n) is 11.4. The summed E-state index contributed by atoms with van der Waals surface area (Å²) in [5.41, 5.74) is 3.41. The van der Waals surface area contributed by atoms with Gasteiger partial charge in [-0.15, -0.1) is 0 Å². The Hall–Kier alpha value is -4.15. The van der Waals surface area contributed by atoms with Gasteiger partial charge in [-0.05, 0) is 48.2 Å². The Morgan fingerprint density at radius 2 is 2.00 bits per heavy atom. The zero-order valence-corrected chi connectivity index (χ0v) is 18.8. The summed E-state index contributed by atoms with van der Waals surface area (Å²) in [6, 6.07) is 19.8. The Morgan fingerprint density at radius 1 is 1.09 bits per heavy atom. The largest absolute Gasteiger partial charge is 0.456 e. The third kappa shape index (κ3) is 3.40. The third-order valence-electron chi connectivity index (χ3n) is 6.81. The van der Waals surface area contributed by atoms with E-state index < -0.39 is 0 Å². The predicted octanol–water partition coefficient (Wildman–Crippen LogP) is 4.47. The number of piperazine rings is 1. The van der Waals surface area contributed by atoms with Crippen molar-refractivity contribution in [2.24, 2.45) is 0 Å². The highest BCUT2D eigenvalue weighted by atomic mass is 16.5. The summed E-state index contributed by atoms with van der Waals surface area (Å²) in [5.74, 6) is 1.22. The number of rotatable bonds is 0. The van der Waals surface area contributed by atoms with Crippen LogP contribution in [-0.4, -0.2) is 40.0 Å². The SMILES string of the molecule is CC1c2ccc(C#N)c(c2)Oc2ccc3cccc(c3c2)N2CCN(CC2=O)Cc2cncn21. The lowest BCUT2D eigenvalue weighted by molar-refractivity contribution is -0.121. The minimum atomic E-state index is -0.0132. The number of nitrogens with zero attached hydrogens (tertiary/aromatic N) is 5. The number of nitriles is 1. The minimum Gasteiger partial charge on any atom is -0.456 e. The van der Waals surface area contributed by atoms with Crippen LogP contribution >= 0.6 is 0 Å². The van der Waals surface area contributed by atoms with Crippen molar-refractivity contribution in [3.63, 3.8) is 0 Å². The van der Waals surface area contributed by atoms with Gasteiger partial charge in [0.15, 0.2) is 0 Å². The molecule has 4 heterocycles. The Labute approximate surface area is 197 Å². The number of carbonyl (C=O) groups excluding carboxylic acids is 1. The first kappa shape index (κ1) is 20.5. The molecule has 7 heteroatoms. The third-order valence-corrected chi connectivity index (χ3v) is 6.81. The van der Waals surface area contributed by atoms with Crippen molar-refractivity contribution in [2.45, 2.75) is 19.5 Å². The maximum absolute atomic E-state index is 13.2. The second kappa shape index (κ2) is 8.01. The van der Waals surface area contributed by atoms with Crippen molar-refractivity contribution >= 4 is 22.4 Å². The fourth-order valence-electron chi connectivity index (χ4n) is 4.94. The molecule has 2 unspecified atom stereocenters. The van der Waals surface area contributed by atoms with Crippen molar-refractivity contribution < 1.29 is 9.53 Å². The highest BCUT2D eigenvalue weighted by Gasteiger charge is 2.27. The average Bonchev–Trinajstić information content (AvgIpc) is 3.31. The molecule has 3 aromatic carbocycles. The number of imidazole rings is 1. The van der Waals surface area contributed by atoms with Gasteiger partial charge in [0, 0.05) is 31.2 Å². The normalized spacial score (nSPS) is 19.6. The standard InChI is InChI=1S/C27H23N5O2/c1-18-20-5-6-21(13-28)26(11-20)34-23-8-7-19-3-2-4-25(24(19)12-23)31-10-9-30(16-27(31)33)15-22-14-29-17-32(18)22/h2-8,11-12,14,17-18H,9-10,15-16H2,1H3. The Kier molecular flexibility index (Phi) is 4.82. The molecule has 34 heavy (non-hydrogen) atoms. The lowest BCUT2D eigenvalue weighted by Gasteiger charge is -2.35. The topological polar surface area (TPSA) is 74.4 Å². The van der Waals surface area contributed by atoms with Crippen molar-refractivity contribution in [2.75, 3.05) is 24.5 Å². The van der Waals surface area contributed by atoms with Crippen LogP contribution in [0.3, 0.4) is 0 Å². The first-order chi connectivity index (χ1) is 16.6. The van der Waals surface area contributed by atoms with Crippen molar-refractivity contribution in [3.05, 3.63) is 83.9 Å². The minimum absolute atomic E-state index is 0.0132. The molecule has 0 spiro atoms. The van der Waals surface area contributed by atoms with E-state index in [4.69, 9.17) is 4.74 Å². The van der Waals surface area contributed by atoms with E-state index in [1.807, 2.05) is 72.0 Å². The van der Waals surface area contributed by atoms with Gasteiger partial charge in [0.25, 0.3) is 0 Å². The number of benzene rings is 3. The van der Waals surface area contributed by atoms with E-state index >= 15 is 0 Å². The number of carbonyl (C=O) groups is 1. The monoisotopic (exact) mass is 449 g/mol. The van der Waals surface area contributed by atoms with E-state index in [9.17, 15) is 10.1 Å². The van der Waals surface area contributed by atoms with Gasteiger partial charge < -0.3 is 14.2 Å². The van der Waals surface area contributed by atoms with Crippen molar-refractivity contribution in [1.82, 2.24) is 14.5 Å². The molecular weight excluding hydrogens is 426 g/mol. The summed E-state index contributed by atoms with van der Waals surface area (Å²) < 4.78 is 8.39. The van der Waals surface area contributed by atoms with Gasteiger partial charge >= 0.3 is 0 Å². The summed E-state index contributed by atoms with van der Waals surface area (Å²) in [6.07, 6.45) is 3.69. The van der Waals surface area contributed by atoms with Crippen molar-refractivity contribution in [1.29, 1.82) is 5.26 Å². The van der Waals surface area contributed by atoms with Crippen LogP contribution in [0.4, 0.5) is 5.69 Å². The molecule has 1 saturated heterocycles. The maximum Gasteiger partial charge on any atom is 0.241 e. The number of hydrogen-bond donors (Lipinski definition) is 0. The average molecular weight is 450 g/mol. The van der Waals surface area contributed by atoms with E-state index in [2.05, 4.69) is 27.4 Å². The van der Waals surface area contributed by atoms with E-state index in [1.54, 1.807) is 0 Å². The summed E-state index contributed by atoms with van der Waals surface area (Å²) in [5, 5.41) is 11.7. The quantitative estimate of drug-likeness (QED) is 0.396. The zero-order valence-electron chi connectivity index (χ0n) is 18.8. The van der Waals surface area contributed by atoms with E-state index in [1.165, 1.54) is 0 Å². The molecule has 1 amide bonds. The fraction of sp³-hybridized carbons (Fsp3) is 0.222. The molecule has 0 saturated carbocycles. The lowest BCUT2D eigenvalue weighted by atomic mass is 10.0. The highest BCUT2D eigenvalue weighted by molar-refractivity contribution is 6.05. The van der Waals surface area contributed by atoms with Gasteiger partial charge in [-0.25, -0.2) is 4.98 Å². The Morgan fingerprint density at radius 3 is 2.85 bits per heavy atom. The Balaban J connectivity index is 1.54. The summed E-state index contributed by atoms with van der Waals surface area (Å²) in [6.45, 7) is 4.49. The molecule has 2 atom stereocenters. The van der Waals surface area contributed by atoms with Gasteiger partial charge in [0.1, 0.15) is 17.6 Å². The van der Waals surface area contributed by atoms with Gasteiger partial charge in [-0.3, -0.25) is 9.69 Å². The van der Waals surface area contributed by atoms with E-state index in [0.717, 1.165) is 34.3 Å². The number of hydrogen-bond acceptors (Lipinski definition) is 5. The summed E-state index contributed by atoms with van der Waals surface area (Å²) in [7, 11) is 0. The zero-order chi connectivity index (χ0) is 23.2. The summed E-state index contributed by atoms with van der Waals surface area (Å²) >= 11 is 0. The lowest BCUT2D eigenvalue weighted by Crippen LogP contribution is -2.50. The fourth-order valence-corrected chi connectivity index (χ4v) is 4.94. The number of ether oxygens (including phenoxy) is 1. The van der Waals surface area contributed by atoms with E-state index in [-0.39, 0.29) is 11.9 Å². The molecule has 3 aliphatic rings. The molecule has 3 aliphatic heterocycles. The summed E-state index contributed by atoms with van der Waals surface area (Å²) in [4.78, 5) is 21.7. The molecule has 0 aliphatic carbocycles. The van der Waals surface area contributed by atoms with Crippen LogP contribution in [0, 0.1) is 11.3 Å². The van der Waals surface area contributed by atoms with Crippen molar-refractivity contribution in [3.8, 4) is 17.6 Å². The van der Waals surface area contributed by atoms with Gasteiger partial charge in [-0.2, -0.15) is 5.26 Å². The second-order valence-electron chi connectivity index (χ2n) is 8.85. The van der Waals surface area contributed by atoms with Crippen LogP contribution in [-0.2, 0) is 11.3 Å². The molecule has 4 aromatic rings. The molecule has 0 radical (unpaired) electrons. The molecule has 6 bridgehead atoms. The van der Waals surface area contributed by atoms with E-state index in [0.29, 0.717) is 36.7 Å². The number of fused-ring (bicyclic) bond motifs is 2. The molecule has 7 nitrogen and oxygen atoms in total. The molecule has 1 aromatic heterocycles. The van der Waals surface area contributed by atoms with Crippen LogP contribution in [0.1, 0.15) is 29.8 Å². The number of anilines is 1. The second-order valence-corrected chi connectivity index (χ2v) is 8.85. The molecule has 168 valence electrons. The molecule has 1 fully saturated rings. The smallest absolute Gasteiger partial charge is 0.241 e. The number of amides is 1. The predicted molar refractivity (Wildman–Crippen MR) is 129 cm³/mol. The van der Waals surface area contributed by atoms with Gasteiger partial charge in [-0.1, -0.05) is 24.3 Å². The van der Waals surface area contributed by atoms with Crippen LogP contribution in [0.2, 0.25) is 0 Å². The van der Waals surface area contributed by atoms with Crippen LogP contribution in [0.25, 0.3) is 10.8 Å². The molecule has 7 rings (SSSR count). The van der Waals surface area contributed by atoms with Crippen LogP contribution in [0.15, 0.2) is 67.1 Å². The van der Waals surface area contributed by atoms with Crippen LogP contribution in [0.5, 0.6) is 11.5 Å². The number of aromatic nitrogens is 2. The highest BCUT2D eigenvalue weighted by Crippen LogP contribution is 2.35.